The van der Waals surface area contributed by atoms with Gasteiger partial charge in [0.25, 0.3) is 5.91 Å². The molecule has 0 fully saturated rings. The van der Waals surface area contributed by atoms with Crippen molar-refractivity contribution in [1.82, 2.24) is 9.97 Å². The average molecular weight is 387 g/mol. The second kappa shape index (κ2) is 9.33. The summed E-state index contributed by atoms with van der Waals surface area (Å²) in [5, 5.41) is 14.9. The van der Waals surface area contributed by atoms with E-state index in [2.05, 4.69) is 20.6 Å². The van der Waals surface area contributed by atoms with E-state index in [0.717, 1.165) is 17.7 Å². The Morgan fingerprint density at radius 3 is 2.66 bits per heavy atom. The van der Waals surface area contributed by atoms with E-state index in [1.165, 1.54) is 0 Å². The normalized spacial score (nSPS) is 10.1. The molecule has 29 heavy (non-hydrogen) atoms. The Hall–Kier alpha value is -3.92. The molecule has 0 aliphatic rings. The van der Waals surface area contributed by atoms with E-state index in [-0.39, 0.29) is 11.6 Å². The second-order valence-electron chi connectivity index (χ2n) is 6.39. The number of carbonyl (C=O) groups excluding carboxylic acids is 1. The van der Waals surface area contributed by atoms with Crippen molar-refractivity contribution in [3.63, 3.8) is 0 Å². The summed E-state index contributed by atoms with van der Waals surface area (Å²) in [6.45, 7) is 2.43. The zero-order valence-electron chi connectivity index (χ0n) is 16.3. The fourth-order valence-electron chi connectivity index (χ4n) is 2.74. The first-order valence-corrected chi connectivity index (χ1v) is 9.11. The highest BCUT2D eigenvalue weighted by Gasteiger charge is 2.11. The van der Waals surface area contributed by atoms with Gasteiger partial charge in [0.15, 0.2) is 0 Å². The summed E-state index contributed by atoms with van der Waals surface area (Å²) < 4.78 is 5.16. The number of aromatic nitrogens is 2. The molecule has 0 aliphatic heterocycles. The van der Waals surface area contributed by atoms with Crippen LogP contribution in [-0.2, 0) is 6.42 Å². The molecule has 146 valence electrons. The number of aryl methyl sites for hydroxylation is 1. The molecule has 0 unspecified atom stereocenters. The van der Waals surface area contributed by atoms with Crippen LogP contribution in [0.2, 0.25) is 0 Å². The van der Waals surface area contributed by atoms with Crippen LogP contribution in [0.5, 0.6) is 5.75 Å². The van der Waals surface area contributed by atoms with E-state index in [1.807, 2.05) is 37.3 Å². The molecular formula is C22H21N5O2. The van der Waals surface area contributed by atoms with E-state index in [9.17, 15) is 4.79 Å². The van der Waals surface area contributed by atoms with Gasteiger partial charge in [0, 0.05) is 17.9 Å². The summed E-state index contributed by atoms with van der Waals surface area (Å²) >= 11 is 0. The standard InChI is InChI=1S/C22H21N5O2/c1-15-12-20(21(28)26-18-5-3-4-17(13-18)14-23)27-22(25-15)24-11-10-16-6-8-19(29-2)9-7-16/h3-9,12-13H,10-11H2,1-2H3,(H,26,28)(H,24,25,27). The highest BCUT2D eigenvalue weighted by molar-refractivity contribution is 6.03. The molecule has 0 atom stereocenters. The third-order valence-corrected chi connectivity index (χ3v) is 4.19. The fourth-order valence-corrected chi connectivity index (χ4v) is 2.74. The predicted octanol–water partition coefficient (Wildman–Crippen LogP) is 3.57. The fraction of sp³-hybridized carbons (Fsp3) is 0.182. The average Bonchev–Trinajstić information content (AvgIpc) is 2.74. The number of amides is 1. The third-order valence-electron chi connectivity index (χ3n) is 4.19. The molecule has 2 N–H and O–H groups in total. The highest BCUT2D eigenvalue weighted by Crippen LogP contribution is 2.14. The van der Waals surface area contributed by atoms with Crippen molar-refractivity contribution in [2.24, 2.45) is 0 Å². The predicted molar refractivity (Wildman–Crippen MR) is 111 cm³/mol. The van der Waals surface area contributed by atoms with Crippen molar-refractivity contribution in [3.8, 4) is 11.8 Å². The van der Waals surface area contributed by atoms with Crippen LogP contribution in [0.1, 0.15) is 27.3 Å². The summed E-state index contributed by atoms with van der Waals surface area (Å²) in [5.74, 6) is 0.859. The molecule has 2 aromatic carbocycles. The largest absolute Gasteiger partial charge is 0.497 e. The first kappa shape index (κ1) is 19.8. The van der Waals surface area contributed by atoms with E-state index < -0.39 is 0 Å². The number of nitriles is 1. The quantitative estimate of drug-likeness (QED) is 0.643. The first-order valence-electron chi connectivity index (χ1n) is 9.11. The number of nitrogens with one attached hydrogen (secondary N) is 2. The number of rotatable bonds is 7. The van der Waals surface area contributed by atoms with Crippen LogP contribution in [0.3, 0.4) is 0 Å². The minimum absolute atomic E-state index is 0.256. The lowest BCUT2D eigenvalue weighted by Gasteiger charge is -2.09. The molecule has 1 aromatic heterocycles. The smallest absolute Gasteiger partial charge is 0.274 e. The third kappa shape index (κ3) is 5.53. The van der Waals surface area contributed by atoms with E-state index in [0.29, 0.717) is 29.4 Å². The number of methoxy groups -OCH3 is 1. The number of hydrogen-bond acceptors (Lipinski definition) is 6. The van der Waals surface area contributed by atoms with E-state index in [1.54, 1.807) is 37.4 Å². The minimum atomic E-state index is -0.358. The SMILES string of the molecule is COc1ccc(CCNc2nc(C)cc(C(=O)Nc3cccc(C#N)c3)n2)cc1. The van der Waals surface area contributed by atoms with Crippen LogP contribution in [-0.4, -0.2) is 29.5 Å². The summed E-state index contributed by atoms with van der Waals surface area (Å²) in [7, 11) is 1.64. The van der Waals surface area contributed by atoms with Gasteiger partial charge in [-0.05, 0) is 55.3 Å². The van der Waals surface area contributed by atoms with Gasteiger partial charge in [0.2, 0.25) is 5.95 Å². The van der Waals surface area contributed by atoms with Crippen LogP contribution >= 0.6 is 0 Å². The zero-order chi connectivity index (χ0) is 20.6. The molecule has 0 spiro atoms. The van der Waals surface area contributed by atoms with Crippen LogP contribution in [0, 0.1) is 18.3 Å². The van der Waals surface area contributed by atoms with Crippen molar-refractivity contribution in [3.05, 3.63) is 77.1 Å². The Morgan fingerprint density at radius 2 is 1.93 bits per heavy atom. The van der Waals surface area contributed by atoms with Crippen LogP contribution in [0.25, 0.3) is 0 Å². The highest BCUT2D eigenvalue weighted by atomic mass is 16.5. The summed E-state index contributed by atoms with van der Waals surface area (Å²) in [6.07, 6.45) is 0.782. The number of hydrogen-bond donors (Lipinski definition) is 2. The Balaban J connectivity index is 1.63. The van der Waals surface area contributed by atoms with Gasteiger partial charge in [-0.1, -0.05) is 18.2 Å². The van der Waals surface area contributed by atoms with Crippen molar-refractivity contribution in [1.29, 1.82) is 5.26 Å². The van der Waals surface area contributed by atoms with Crippen molar-refractivity contribution in [2.45, 2.75) is 13.3 Å². The van der Waals surface area contributed by atoms with Gasteiger partial charge in [0.1, 0.15) is 11.4 Å². The minimum Gasteiger partial charge on any atom is -0.497 e. The molecule has 0 radical (unpaired) electrons. The van der Waals surface area contributed by atoms with Crippen LogP contribution < -0.4 is 15.4 Å². The summed E-state index contributed by atoms with van der Waals surface area (Å²) in [5.41, 5.74) is 3.11. The molecule has 3 aromatic rings. The summed E-state index contributed by atoms with van der Waals surface area (Å²) in [4.78, 5) is 21.2. The number of anilines is 2. The first-order chi connectivity index (χ1) is 14.1. The lowest BCUT2D eigenvalue weighted by molar-refractivity contribution is 0.102. The van der Waals surface area contributed by atoms with Gasteiger partial charge >= 0.3 is 0 Å². The molecule has 7 nitrogen and oxygen atoms in total. The lowest BCUT2D eigenvalue weighted by atomic mass is 10.1. The molecule has 1 amide bonds. The molecule has 1 heterocycles. The number of carbonyl (C=O) groups is 1. The second-order valence-corrected chi connectivity index (χ2v) is 6.39. The maximum Gasteiger partial charge on any atom is 0.274 e. The molecule has 0 aliphatic carbocycles. The van der Waals surface area contributed by atoms with E-state index in [4.69, 9.17) is 10.00 Å². The van der Waals surface area contributed by atoms with Gasteiger partial charge in [-0.2, -0.15) is 5.26 Å². The van der Waals surface area contributed by atoms with Crippen LogP contribution in [0.15, 0.2) is 54.6 Å². The Kier molecular flexibility index (Phi) is 6.38. The maximum atomic E-state index is 12.5. The van der Waals surface area contributed by atoms with Gasteiger partial charge in [-0.25, -0.2) is 9.97 Å². The van der Waals surface area contributed by atoms with Gasteiger partial charge in [-0.15, -0.1) is 0 Å². The molecule has 0 saturated carbocycles. The number of ether oxygens (including phenoxy) is 1. The molecule has 7 heteroatoms. The van der Waals surface area contributed by atoms with Gasteiger partial charge < -0.3 is 15.4 Å². The molecular weight excluding hydrogens is 366 g/mol. The lowest BCUT2D eigenvalue weighted by Crippen LogP contribution is -2.17. The Bertz CT molecular complexity index is 1040. The number of benzene rings is 2. The van der Waals surface area contributed by atoms with Crippen molar-refractivity contribution in [2.75, 3.05) is 24.3 Å². The van der Waals surface area contributed by atoms with Gasteiger partial charge in [0.05, 0.1) is 18.7 Å². The molecule has 0 bridgehead atoms. The maximum absolute atomic E-state index is 12.5. The van der Waals surface area contributed by atoms with E-state index >= 15 is 0 Å². The zero-order valence-corrected chi connectivity index (χ0v) is 16.3. The Morgan fingerprint density at radius 1 is 1.14 bits per heavy atom. The topological polar surface area (TPSA) is 99.9 Å². The summed E-state index contributed by atoms with van der Waals surface area (Å²) in [6, 6.07) is 18.2. The van der Waals surface area contributed by atoms with Crippen molar-refractivity contribution < 1.29 is 9.53 Å². The van der Waals surface area contributed by atoms with Crippen molar-refractivity contribution >= 4 is 17.5 Å². The molecule has 3 rings (SSSR count). The Labute approximate surface area is 169 Å². The monoisotopic (exact) mass is 387 g/mol. The number of nitrogens with zero attached hydrogens (tertiary/aromatic N) is 3. The van der Waals surface area contributed by atoms with Crippen LogP contribution in [0.4, 0.5) is 11.6 Å². The van der Waals surface area contributed by atoms with Gasteiger partial charge in [-0.3, -0.25) is 4.79 Å². The molecule has 0 saturated heterocycles.